The SMILES string of the molecule is CCOC(=O)c1ccc(N=NN(C)CCN(C)N=Nc2ccc(C(=O)OCC)cc2)cc1.CN(CCN(C)N=Nc1ccc(CO)cc1)N=Nc1ccc(CO)cc1. The fourth-order valence-electron chi connectivity index (χ4n) is 4.36. The van der Waals surface area contributed by atoms with E-state index in [2.05, 4.69) is 41.4 Å². The Morgan fingerprint density at radius 3 is 0.914 bits per heavy atom. The van der Waals surface area contributed by atoms with Gasteiger partial charge >= 0.3 is 11.9 Å². The van der Waals surface area contributed by atoms with Gasteiger partial charge in [0, 0.05) is 28.2 Å². The minimum Gasteiger partial charge on any atom is -0.462 e. The smallest absolute Gasteiger partial charge is 0.338 e. The summed E-state index contributed by atoms with van der Waals surface area (Å²) in [5.74, 6) is -0.722. The van der Waals surface area contributed by atoms with Crippen LogP contribution in [-0.4, -0.2) is 110 Å². The molecule has 0 aliphatic carbocycles. The maximum absolute atomic E-state index is 11.7. The fraction of sp³-hybridized carbons (Fsp3) is 0.350. The third-order valence-corrected chi connectivity index (χ3v) is 7.74. The first-order chi connectivity index (χ1) is 28.0. The van der Waals surface area contributed by atoms with E-state index in [1.807, 2.05) is 62.6 Å². The number of carbonyl (C=O) groups is 2. The number of carbonyl (C=O) groups excluding carboxylic acids is 2. The molecule has 4 aromatic rings. The van der Waals surface area contributed by atoms with Gasteiger partial charge in [-0.15, -0.1) is 20.5 Å². The highest BCUT2D eigenvalue weighted by molar-refractivity contribution is 5.90. The van der Waals surface area contributed by atoms with Gasteiger partial charge in [-0.2, -0.15) is 0 Å². The molecule has 308 valence electrons. The van der Waals surface area contributed by atoms with Crippen molar-refractivity contribution < 1.29 is 29.3 Å². The number of ether oxygens (including phenoxy) is 2. The number of likely N-dealkylation sites (N-methyl/N-ethyl adjacent to an activating group) is 4. The monoisotopic (exact) mass is 796 g/mol. The lowest BCUT2D eigenvalue weighted by atomic mass is 10.2. The molecule has 0 bridgehead atoms. The molecule has 0 aliphatic rings. The van der Waals surface area contributed by atoms with Crippen LogP contribution in [0.5, 0.6) is 0 Å². The van der Waals surface area contributed by atoms with Crippen molar-refractivity contribution in [3.05, 3.63) is 119 Å². The largest absolute Gasteiger partial charge is 0.462 e. The summed E-state index contributed by atoms with van der Waals surface area (Å²) in [5, 5.41) is 58.0. The molecule has 18 nitrogen and oxygen atoms in total. The number of hydrogen-bond acceptors (Lipinski definition) is 14. The predicted octanol–water partition coefficient (Wildman–Crippen LogP) is 7.83. The van der Waals surface area contributed by atoms with Crippen LogP contribution < -0.4 is 0 Å². The highest BCUT2D eigenvalue weighted by Gasteiger charge is 2.07. The van der Waals surface area contributed by atoms with Crippen LogP contribution in [0.1, 0.15) is 45.7 Å². The Bertz CT molecular complexity index is 1780. The van der Waals surface area contributed by atoms with Gasteiger partial charge in [-0.1, -0.05) is 45.2 Å². The van der Waals surface area contributed by atoms with E-state index in [-0.39, 0.29) is 25.2 Å². The maximum Gasteiger partial charge on any atom is 0.338 e. The first kappa shape index (κ1) is 45.7. The minimum atomic E-state index is -0.361. The molecule has 18 heteroatoms. The first-order valence-electron chi connectivity index (χ1n) is 18.5. The molecule has 0 saturated carbocycles. The van der Waals surface area contributed by atoms with Gasteiger partial charge in [0.05, 0.1) is 86.5 Å². The second-order valence-electron chi connectivity index (χ2n) is 12.5. The molecule has 0 atom stereocenters. The van der Waals surface area contributed by atoms with Gasteiger partial charge in [0.1, 0.15) is 0 Å². The lowest BCUT2D eigenvalue weighted by molar-refractivity contribution is 0.0517. The Labute approximate surface area is 338 Å². The van der Waals surface area contributed by atoms with Crippen LogP contribution >= 0.6 is 0 Å². The van der Waals surface area contributed by atoms with E-state index >= 15 is 0 Å². The third-order valence-electron chi connectivity index (χ3n) is 7.74. The molecule has 0 amide bonds. The number of hydrogen-bond donors (Lipinski definition) is 2. The van der Waals surface area contributed by atoms with Gasteiger partial charge in [0.15, 0.2) is 0 Å². The molecular formula is C40H52N12O6. The summed E-state index contributed by atoms with van der Waals surface area (Å²) < 4.78 is 9.90. The summed E-state index contributed by atoms with van der Waals surface area (Å²) in [6.07, 6.45) is 0. The number of benzene rings is 4. The molecule has 4 aromatic carbocycles. The summed E-state index contributed by atoms with van der Waals surface area (Å²) in [4.78, 5) is 23.3. The van der Waals surface area contributed by atoms with Crippen LogP contribution in [0.25, 0.3) is 0 Å². The average molecular weight is 797 g/mol. The Morgan fingerprint density at radius 2 is 0.690 bits per heavy atom. The number of nitrogens with zero attached hydrogens (tertiary/aromatic N) is 12. The van der Waals surface area contributed by atoms with E-state index in [4.69, 9.17) is 19.7 Å². The molecule has 2 N–H and O–H groups in total. The quantitative estimate of drug-likeness (QED) is 0.0504. The number of aliphatic hydroxyl groups excluding tert-OH is 2. The molecule has 4 rings (SSSR count). The second-order valence-corrected chi connectivity index (χ2v) is 12.5. The van der Waals surface area contributed by atoms with Crippen molar-refractivity contribution in [1.29, 1.82) is 0 Å². The van der Waals surface area contributed by atoms with Crippen molar-refractivity contribution >= 4 is 34.7 Å². The summed E-state index contributed by atoms with van der Waals surface area (Å²) in [6, 6.07) is 27.9. The van der Waals surface area contributed by atoms with Gasteiger partial charge in [0.25, 0.3) is 0 Å². The third kappa shape index (κ3) is 17.4. The molecule has 0 fully saturated rings. The molecule has 0 unspecified atom stereocenters. The predicted molar refractivity (Wildman–Crippen MR) is 218 cm³/mol. The Kier molecular flexibility index (Phi) is 20.1. The Morgan fingerprint density at radius 1 is 0.448 bits per heavy atom. The van der Waals surface area contributed by atoms with Crippen molar-refractivity contribution in [3.8, 4) is 0 Å². The van der Waals surface area contributed by atoms with E-state index in [1.165, 1.54) is 0 Å². The first-order valence-corrected chi connectivity index (χ1v) is 18.5. The van der Waals surface area contributed by atoms with Crippen LogP contribution in [0, 0.1) is 0 Å². The molecule has 0 heterocycles. The van der Waals surface area contributed by atoms with Gasteiger partial charge in [0.2, 0.25) is 0 Å². The zero-order valence-electron chi connectivity index (χ0n) is 33.8. The zero-order valence-corrected chi connectivity index (χ0v) is 33.8. The zero-order chi connectivity index (χ0) is 42.1. The van der Waals surface area contributed by atoms with E-state index in [0.29, 0.717) is 61.9 Å². The Balaban J connectivity index is 0.000000317. The van der Waals surface area contributed by atoms with Crippen molar-refractivity contribution in [2.24, 2.45) is 41.4 Å². The maximum atomic E-state index is 11.7. The number of rotatable bonds is 20. The number of aliphatic hydroxyl groups is 2. The van der Waals surface area contributed by atoms with E-state index in [9.17, 15) is 9.59 Å². The molecule has 58 heavy (non-hydrogen) atoms. The highest BCUT2D eigenvalue weighted by Crippen LogP contribution is 2.17. The molecule has 0 radical (unpaired) electrons. The van der Waals surface area contributed by atoms with Crippen LogP contribution in [0.4, 0.5) is 22.7 Å². The topological polar surface area (TPSA) is 205 Å². The minimum absolute atomic E-state index is 0.0177. The van der Waals surface area contributed by atoms with Gasteiger partial charge in [-0.3, -0.25) is 20.0 Å². The Hall–Kier alpha value is -6.66. The van der Waals surface area contributed by atoms with Crippen molar-refractivity contribution in [2.75, 3.05) is 67.6 Å². The van der Waals surface area contributed by atoms with E-state index in [0.717, 1.165) is 22.5 Å². The summed E-state index contributed by atoms with van der Waals surface area (Å²) in [7, 11) is 7.28. The standard InChI is InChI=1S/C22H28N6O4.C18H24N6O2/c1-5-31-21(29)17-7-11-19(12-8-17)23-25-27(3)15-16-28(4)26-24-20-13-9-18(10-14-20)22(30)32-6-2;1-23(21-19-17-7-3-15(13-25)4-8-17)11-12-24(2)22-20-18-9-5-16(14-26)6-10-18/h7-14H,5-6,15-16H2,1-4H3;3-10,25-26H,11-14H2,1-2H3. The van der Waals surface area contributed by atoms with Crippen LogP contribution in [0.3, 0.4) is 0 Å². The lowest BCUT2D eigenvalue weighted by Crippen LogP contribution is -2.24. The molecule has 0 spiro atoms. The second kappa shape index (κ2) is 25.5. The van der Waals surface area contributed by atoms with Gasteiger partial charge in [-0.05, 0) is 97.8 Å². The summed E-state index contributed by atoms with van der Waals surface area (Å²) in [6.45, 7) is 6.65. The molecule has 0 aliphatic heterocycles. The fourth-order valence-corrected chi connectivity index (χ4v) is 4.36. The molecular weight excluding hydrogens is 745 g/mol. The molecule has 0 saturated heterocycles. The van der Waals surface area contributed by atoms with Gasteiger partial charge < -0.3 is 19.7 Å². The van der Waals surface area contributed by atoms with Crippen molar-refractivity contribution in [2.45, 2.75) is 27.1 Å². The molecule has 0 aromatic heterocycles. The lowest BCUT2D eigenvalue weighted by Gasteiger charge is -2.15. The van der Waals surface area contributed by atoms with E-state index in [1.54, 1.807) is 96.5 Å². The van der Waals surface area contributed by atoms with E-state index < -0.39 is 0 Å². The van der Waals surface area contributed by atoms with Crippen molar-refractivity contribution in [3.63, 3.8) is 0 Å². The van der Waals surface area contributed by atoms with Crippen LogP contribution in [-0.2, 0) is 22.7 Å². The average Bonchev–Trinajstić information content (AvgIpc) is 3.25. The number of esters is 2. The van der Waals surface area contributed by atoms with Crippen LogP contribution in [0.15, 0.2) is 138 Å². The van der Waals surface area contributed by atoms with Crippen molar-refractivity contribution in [1.82, 2.24) is 20.0 Å². The summed E-state index contributed by atoms with van der Waals surface area (Å²) in [5.41, 5.74) is 5.35. The highest BCUT2D eigenvalue weighted by atomic mass is 16.5. The van der Waals surface area contributed by atoms with Crippen LogP contribution in [0.2, 0.25) is 0 Å². The van der Waals surface area contributed by atoms with Gasteiger partial charge in [-0.25, -0.2) is 9.59 Å². The normalized spacial score (nSPS) is 11.2. The summed E-state index contributed by atoms with van der Waals surface area (Å²) >= 11 is 0.